The molecule has 2 aromatic carbocycles. The van der Waals surface area contributed by atoms with Crippen LogP contribution >= 0.6 is 0 Å². The molecule has 0 bridgehead atoms. The standard InChI is InChI=1S/C23H32N2O4S/c1-6-14-25(15-7-2)30(27,28)20-11-9-19(10-12-20)24-23(26)29-22-16-18(5)8-13-21(22)17(3)4/h8-13,16-17H,6-7,14-15H2,1-5H3,(H,24,26). The van der Waals surface area contributed by atoms with Crippen LogP contribution in [0.3, 0.4) is 0 Å². The Bertz CT molecular complexity index is 948. The molecule has 0 radical (unpaired) electrons. The average molecular weight is 433 g/mol. The van der Waals surface area contributed by atoms with Gasteiger partial charge >= 0.3 is 6.09 Å². The fraction of sp³-hybridized carbons (Fsp3) is 0.435. The van der Waals surface area contributed by atoms with Gasteiger partial charge < -0.3 is 4.74 Å². The quantitative estimate of drug-likeness (QED) is 0.564. The van der Waals surface area contributed by atoms with Crippen LogP contribution < -0.4 is 10.1 Å². The van der Waals surface area contributed by atoms with E-state index in [1.54, 1.807) is 12.1 Å². The Morgan fingerprint density at radius 1 is 1.03 bits per heavy atom. The van der Waals surface area contributed by atoms with Gasteiger partial charge in [-0.25, -0.2) is 13.2 Å². The van der Waals surface area contributed by atoms with Crippen LogP contribution in [0, 0.1) is 6.92 Å². The van der Waals surface area contributed by atoms with E-state index >= 15 is 0 Å². The highest BCUT2D eigenvalue weighted by Crippen LogP contribution is 2.28. The lowest BCUT2D eigenvalue weighted by atomic mass is 10.0. The first-order valence-electron chi connectivity index (χ1n) is 10.4. The number of hydrogen-bond acceptors (Lipinski definition) is 4. The van der Waals surface area contributed by atoms with Gasteiger partial charge in [0.25, 0.3) is 0 Å². The molecule has 0 heterocycles. The molecule has 0 saturated heterocycles. The Labute approximate surface area is 180 Å². The molecule has 0 aliphatic carbocycles. The SMILES string of the molecule is CCCN(CCC)S(=O)(=O)c1ccc(NC(=O)Oc2cc(C)ccc2C(C)C)cc1. The van der Waals surface area contributed by atoms with Crippen molar-refractivity contribution in [1.29, 1.82) is 0 Å². The minimum absolute atomic E-state index is 0.212. The van der Waals surface area contributed by atoms with Crippen LogP contribution in [-0.4, -0.2) is 31.9 Å². The summed E-state index contributed by atoms with van der Waals surface area (Å²) < 4.78 is 32.7. The molecule has 0 spiro atoms. The Hall–Kier alpha value is -2.38. The molecule has 0 aliphatic rings. The maximum atomic E-state index is 12.8. The van der Waals surface area contributed by atoms with Gasteiger partial charge in [0.1, 0.15) is 5.75 Å². The van der Waals surface area contributed by atoms with E-state index in [1.807, 2.05) is 52.8 Å². The molecule has 0 atom stereocenters. The van der Waals surface area contributed by atoms with Gasteiger partial charge in [-0.15, -0.1) is 0 Å². The van der Waals surface area contributed by atoms with Crippen molar-refractivity contribution in [2.75, 3.05) is 18.4 Å². The topological polar surface area (TPSA) is 75.7 Å². The van der Waals surface area contributed by atoms with Gasteiger partial charge in [-0.3, -0.25) is 5.32 Å². The minimum Gasteiger partial charge on any atom is -0.410 e. The molecule has 1 N–H and O–H groups in total. The van der Waals surface area contributed by atoms with Crippen LogP contribution in [0.25, 0.3) is 0 Å². The van der Waals surface area contributed by atoms with E-state index in [-0.39, 0.29) is 10.8 Å². The zero-order chi connectivity index (χ0) is 22.3. The second-order valence-electron chi connectivity index (χ2n) is 7.64. The predicted octanol–water partition coefficient (Wildman–Crippen LogP) is 5.54. The third-order valence-electron chi connectivity index (χ3n) is 4.68. The molecule has 0 aliphatic heterocycles. The Balaban J connectivity index is 2.13. The second-order valence-corrected chi connectivity index (χ2v) is 9.58. The lowest BCUT2D eigenvalue weighted by Gasteiger charge is -2.21. The van der Waals surface area contributed by atoms with Crippen molar-refractivity contribution < 1.29 is 17.9 Å². The molecule has 6 nitrogen and oxygen atoms in total. The maximum Gasteiger partial charge on any atom is 0.417 e. The van der Waals surface area contributed by atoms with E-state index in [0.717, 1.165) is 24.0 Å². The highest BCUT2D eigenvalue weighted by molar-refractivity contribution is 7.89. The van der Waals surface area contributed by atoms with E-state index < -0.39 is 16.1 Å². The Kier molecular flexibility index (Phi) is 8.43. The number of amides is 1. The number of nitrogens with zero attached hydrogens (tertiary/aromatic N) is 1. The molecule has 2 rings (SSSR count). The fourth-order valence-corrected chi connectivity index (χ4v) is 4.78. The van der Waals surface area contributed by atoms with Crippen LogP contribution in [0.2, 0.25) is 0 Å². The number of carbonyl (C=O) groups is 1. The number of sulfonamides is 1. The monoisotopic (exact) mass is 432 g/mol. The highest BCUT2D eigenvalue weighted by Gasteiger charge is 2.23. The number of anilines is 1. The lowest BCUT2D eigenvalue weighted by Crippen LogP contribution is -2.32. The summed E-state index contributed by atoms with van der Waals surface area (Å²) in [6, 6.07) is 11.9. The van der Waals surface area contributed by atoms with E-state index in [2.05, 4.69) is 5.32 Å². The molecular formula is C23H32N2O4S. The number of rotatable bonds is 9. The third kappa shape index (κ3) is 6.06. The average Bonchev–Trinajstić information content (AvgIpc) is 2.68. The third-order valence-corrected chi connectivity index (χ3v) is 6.59. The number of ether oxygens (including phenoxy) is 1. The van der Waals surface area contributed by atoms with Crippen molar-refractivity contribution in [2.45, 2.75) is 58.3 Å². The summed E-state index contributed by atoms with van der Waals surface area (Å²) in [5, 5.41) is 2.66. The zero-order valence-corrected chi connectivity index (χ0v) is 19.3. The van der Waals surface area contributed by atoms with Gasteiger partial charge in [-0.05, 0) is 67.1 Å². The number of aryl methyl sites for hydroxylation is 1. The fourth-order valence-electron chi connectivity index (χ4n) is 3.16. The molecule has 0 fully saturated rings. The van der Waals surface area contributed by atoms with Crippen molar-refractivity contribution in [2.24, 2.45) is 0 Å². The van der Waals surface area contributed by atoms with Gasteiger partial charge in [0.2, 0.25) is 10.0 Å². The Morgan fingerprint density at radius 2 is 1.63 bits per heavy atom. The Morgan fingerprint density at radius 3 is 2.17 bits per heavy atom. The van der Waals surface area contributed by atoms with Crippen LogP contribution in [0.4, 0.5) is 10.5 Å². The summed E-state index contributed by atoms with van der Waals surface area (Å²) in [7, 11) is -3.55. The normalized spacial score (nSPS) is 11.7. The molecule has 2 aromatic rings. The van der Waals surface area contributed by atoms with Gasteiger partial charge in [0.15, 0.2) is 0 Å². The van der Waals surface area contributed by atoms with Crippen molar-refractivity contribution >= 4 is 21.8 Å². The van der Waals surface area contributed by atoms with Crippen LogP contribution in [0.1, 0.15) is 57.6 Å². The zero-order valence-electron chi connectivity index (χ0n) is 18.4. The van der Waals surface area contributed by atoms with Gasteiger partial charge in [-0.2, -0.15) is 4.31 Å². The van der Waals surface area contributed by atoms with E-state index in [0.29, 0.717) is 24.5 Å². The first kappa shape index (κ1) is 23.9. The molecule has 0 unspecified atom stereocenters. The summed E-state index contributed by atoms with van der Waals surface area (Å²) in [4.78, 5) is 12.6. The molecule has 7 heteroatoms. The summed E-state index contributed by atoms with van der Waals surface area (Å²) in [6.45, 7) is 10.9. The van der Waals surface area contributed by atoms with Gasteiger partial charge in [-0.1, -0.05) is 39.8 Å². The molecule has 1 amide bonds. The van der Waals surface area contributed by atoms with Gasteiger partial charge in [0, 0.05) is 18.8 Å². The van der Waals surface area contributed by atoms with Crippen molar-refractivity contribution in [3.8, 4) is 5.75 Å². The lowest BCUT2D eigenvalue weighted by molar-refractivity contribution is 0.214. The predicted molar refractivity (Wildman–Crippen MR) is 121 cm³/mol. The number of carbonyl (C=O) groups excluding carboxylic acids is 1. The first-order chi connectivity index (χ1) is 14.2. The van der Waals surface area contributed by atoms with E-state index in [9.17, 15) is 13.2 Å². The van der Waals surface area contributed by atoms with Gasteiger partial charge in [0.05, 0.1) is 4.90 Å². The van der Waals surface area contributed by atoms with E-state index in [4.69, 9.17) is 4.74 Å². The molecular weight excluding hydrogens is 400 g/mol. The largest absolute Gasteiger partial charge is 0.417 e. The minimum atomic E-state index is -3.55. The van der Waals surface area contributed by atoms with Crippen molar-refractivity contribution in [1.82, 2.24) is 4.31 Å². The summed E-state index contributed by atoms with van der Waals surface area (Å²) in [6.07, 6.45) is 0.890. The summed E-state index contributed by atoms with van der Waals surface area (Å²) >= 11 is 0. The molecule has 164 valence electrons. The maximum absolute atomic E-state index is 12.8. The molecule has 0 saturated carbocycles. The second kappa shape index (κ2) is 10.6. The number of nitrogens with one attached hydrogen (secondary N) is 1. The smallest absolute Gasteiger partial charge is 0.410 e. The van der Waals surface area contributed by atoms with E-state index in [1.165, 1.54) is 16.4 Å². The molecule has 0 aromatic heterocycles. The number of hydrogen-bond donors (Lipinski definition) is 1. The highest BCUT2D eigenvalue weighted by atomic mass is 32.2. The first-order valence-corrected chi connectivity index (χ1v) is 11.8. The molecule has 30 heavy (non-hydrogen) atoms. The van der Waals surface area contributed by atoms with Crippen LogP contribution in [-0.2, 0) is 10.0 Å². The summed E-state index contributed by atoms with van der Waals surface area (Å²) in [5.41, 5.74) is 2.42. The van der Waals surface area contributed by atoms with Crippen LogP contribution in [0.5, 0.6) is 5.75 Å². The van der Waals surface area contributed by atoms with Crippen molar-refractivity contribution in [3.63, 3.8) is 0 Å². The van der Waals surface area contributed by atoms with Crippen LogP contribution in [0.15, 0.2) is 47.4 Å². The number of benzene rings is 2. The van der Waals surface area contributed by atoms with Crippen molar-refractivity contribution in [3.05, 3.63) is 53.6 Å². The summed E-state index contributed by atoms with van der Waals surface area (Å²) in [5.74, 6) is 0.739.